The van der Waals surface area contributed by atoms with E-state index < -0.39 is 0 Å². The smallest absolute Gasteiger partial charge is 0.122 e. The maximum atomic E-state index is 5.29. The molecule has 0 amide bonds. The molecule has 84 valence electrons. The van der Waals surface area contributed by atoms with Gasteiger partial charge in [-0.25, -0.2) is 4.98 Å². The molecule has 0 spiro atoms. The fourth-order valence-corrected chi connectivity index (χ4v) is 2.16. The number of methoxy groups -OCH3 is 1. The van der Waals surface area contributed by atoms with Crippen molar-refractivity contribution in [2.24, 2.45) is 0 Å². The molecule has 1 aromatic carbocycles. The molecule has 0 saturated carbocycles. The summed E-state index contributed by atoms with van der Waals surface area (Å²) < 4.78 is 6.19. The third kappa shape index (κ3) is 1.73. The van der Waals surface area contributed by atoms with Crippen LogP contribution < -0.4 is 4.74 Å². The predicted molar refractivity (Wildman–Crippen MR) is 67.7 cm³/mol. The minimum Gasteiger partial charge on any atom is -0.496 e. The van der Waals surface area contributed by atoms with Crippen molar-refractivity contribution in [1.29, 1.82) is 0 Å². The van der Waals surface area contributed by atoms with Crippen molar-refractivity contribution < 1.29 is 4.74 Å². The number of nitrogens with one attached hydrogen (secondary N) is 1. The molecule has 0 aliphatic carbocycles. The zero-order valence-corrected chi connectivity index (χ0v) is 11.1. The second kappa shape index (κ2) is 4.29. The average Bonchev–Trinajstić information content (AvgIpc) is 2.69. The monoisotopic (exact) mass is 280 g/mol. The first-order chi connectivity index (χ1) is 7.65. The van der Waals surface area contributed by atoms with Crippen LogP contribution in [-0.4, -0.2) is 17.1 Å². The topological polar surface area (TPSA) is 37.9 Å². The molecule has 4 heteroatoms. The summed E-state index contributed by atoms with van der Waals surface area (Å²) in [5.41, 5.74) is 4.39. The number of hydrogen-bond acceptors (Lipinski definition) is 2. The highest BCUT2D eigenvalue weighted by molar-refractivity contribution is 9.10. The van der Waals surface area contributed by atoms with E-state index in [0.29, 0.717) is 0 Å². The van der Waals surface area contributed by atoms with E-state index in [1.807, 2.05) is 12.1 Å². The second-order valence-electron chi connectivity index (χ2n) is 3.63. The number of aromatic nitrogens is 2. The normalized spacial score (nSPS) is 10.5. The Morgan fingerprint density at radius 3 is 2.56 bits per heavy atom. The predicted octanol–water partition coefficient (Wildman–Crippen LogP) is 3.46. The van der Waals surface area contributed by atoms with Gasteiger partial charge in [-0.3, -0.25) is 0 Å². The zero-order valence-electron chi connectivity index (χ0n) is 9.47. The standard InChI is InChI=1S/C12H13BrN2O/c1-7-8(2)10(16-3)5-4-9(7)11-12(13)15-6-14-11/h4-6H,1-3H3,(H,14,15). The molecule has 3 nitrogen and oxygen atoms in total. The quantitative estimate of drug-likeness (QED) is 0.915. The minimum absolute atomic E-state index is 0.903. The van der Waals surface area contributed by atoms with E-state index in [4.69, 9.17) is 4.74 Å². The summed E-state index contributed by atoms with van der Waals surface area (Å²) in [6.45, 7) is 4.13. The van der Waals surface area contributed by atoms with Gasteiger partial charge in [0, 0.05) is 5.56 Å². The van der Waals surface area contributed by atoms with Gasteiger partial charge in [-0.1, -0.05) is 0 Å². The fourth-order valence-electron chi connectivity index (χ4n) is 1.74. The highest BCUT2D eigenvalue weighted by atomic mass is 79.9. The third-order valence-corrected chi connectivity index (χ3v) is 3.41. The van der Waals surface area contributed by atoms with E-state index >= 15 is 0 Å². The van der Waals surface area contributed by atoms with E-state index in [2.05, 4.69) is 39.7 Å². The number of hydrogen-bond donors (Lipinski definition) is 1. The molecule has 1 heterocycles. The molecular weight excluding hydrogens is 268 g/mol. The van der Waals surface area contributed by atoms with Crippen molar-refractivity contribution in [2.45, 2.75) is 13.8 Å². The van der Waals surface area contributed by atoms with Crippen molar-refractivity contribution in [1.82, 2.24) is 9.97 Å². The first kappa shape index (κ1) is 11.2. The molecule has 1 aromatic heterocycles. The molecular formula is C12H13BrN2O. The Labute approximate surface area is 103 Å². The van der Waals surface area contributed by atoms with Crippen LogP contribution in [0.4, 0.5) is 0 Å². The largest absolute Gasteiger partial charge is 0.496 e. The van der Waals surface area contributed by atoms with Gasteiger partial charge in [-0.15, -0.1) is 0 Å². The molecule has 0 fully saturated rings. The van der Waals surface area contributed by atoms with Crippen molar-refractivity contribution in [3.8, 4) is 17.0 Å². The molecule has 0 bridgehead atoms. The van der Waals surface area contributed by atoms with Gasteiger partial charge in [-0.2, -0.15) is 0 Å². The summed E-state index contributed by atoms with van der Waals surface area (Å²) in [7, 11) is 1.69. The van der Waals surface area contributed by atoms with E-state index in [1.165, 1.54) is 5.56 Å². The van der Waals surface area contributed by atoms with Crippen LogP contribution >= 0.6 is 15.9 Å². The average molecular weight is 281 g/mol. The molecule has 0 unspecified atom stereocenters. The molecule has 0 saturated heterocycles. The number of rotatable bonds is 2. The number of nitrogens with zero attached hydrogens (tertiary/aromatic N) is 1. The van der Waals surface area contributed by atoms with E-state index in [9.17, 15) is 0 Å². The Bertz CT molecular complexity index is 520. The van der Waals surface area contributed by atoms with Gasteiger partial charge in [-0.05, 0) is 53.0 Å². The molecule has 2 aromatic rings. The Morgan fingerprint density at radius 1 is 1.25 bits per heavy atom. The fraction of sp³-hybridized carbons (Fsp3) is 0.250. The summed E-state index contributed by atoms with van der Waals surface area (Å²) in [6, 6.07) is 4.00. The Morgan fingerprint density at radius 2 is 2.00 bits per heavy atom. The number of H-pyrrole nitrogens is 1. The van der Waals surface area contributed by atoms with Gasteiger partial charge in [0.1, 0.15) is 16.0 Å². The maximum Gasteiger partial charge on any atom is 0.122 e. The summed E-state index contributed by atoms with van der Waals surface area (Å²) in [5, 5.41) is 0. The summed E-state index contributed by atoms with van der Waals surface area (Å²) in [4.78, 5) is 7.32. The van der Waals surface area contributed by atoms with Gasteiger partial charge in [0.25, 0.3) is 0 Å². The summed E-state index contributed by atoms with van der Waals surface area (Å²) in [5.74, 6) is 0.910. The Kier molecular flexibility index (Phi) is 3.01. The Balaban J connectivity index is 2.60. The molecule has 0 aliphatic heterocycles. The summed E-state index contributed by atoms with van der Waals surface area (Å²) >= 11 is 3.45. The van der Waals surface area contributed by atoms with E-state index in [1.54, 1.807) is 13.4 Å². The van der Waals surface area contributed by atoms with Crippen LogP contribution in [-0.2, 0) is 0 Å². The first-order valence-electron chi connectivity index (χ1n) is 4.98. The van der Waals surface area contributed by atoms with Gasteiger partial charge in [0.15, 0.2) is 0 Å². The lowest BCUT2D eigenvalue weighted by Crippen LogP contribution is -1.93. The zero-order chi connectivity index (χ0) is 11.7. The number of benzene rings is 1. The van der Waals surface area contributed by atoms with Crippen molar-refractivity contribution in [3.05, 3.63) is 34.2 Å². The number of ether oxygens (including phenoxy) is 1. The van der Waals surface area contributed by atoms with Crippen LogP contribution in [0, 0.1) is 13.8 Å². The van der Waals surface area contributed by atoms with Crippen molar-refractivity contribution in [2.75, 3.05) is 7.11 Å². The minimum atomic E-state index is 0.903. The lowest BCUT2D eigenvalue weighted by atomic mass is 10.0. The van der Waals surface area contributed by atoms with Gasteiger partial charge >= 0.3 is 0 Å². The van der Waals surface area contributed by atoms with Crippen LogP contribution in [0.25, 0.3) is 11.3 Å². The molecule has 1 N–H and O–H groups in total. The third-order valence-electron chi connectivity index (χ3n) is 2.81. The van der Waals surface area contributed by atoms with Crippen LogP contribution in [0.1, 0.15) is 11.1 Å². The highest BCUT2D eigenvalue weighted by Crippen LogP contribution is 2.32. The van der Waals surface area contributed by atoms with Crippen molar-refractivity contribution in [3.63, 3.8) is 0 Å². The maximum absolute atomic E-state index is 5.29. The van der Waals surface area contributed by atoms with E-state index in [-0.39, 0.29) is 0 Å². The summed E-state index contributed by atoms with van der Waals surface area (Å²) in [6.07, 6.45) is 1.68. The molecule has 0 atom stereocenters. The molecule has 16 heavy (non-hydrogen) atoms. The van der Waals surface area contributed by atoms with Crippen molar-refractivity contribution >= 4 is 15.9 Å². The Hall–Kier alpha value is -1.29. The van der Waals surface area contributed by atoms with Crippen LogP contribution in [0.3, 0.4) is 0 Å². The first-order valence-corrected chi connectivity index (χ1v) is 5.78. The SMILES string of the molecule is COc1ccc(-c2nc[nH]c2Br)c(C)c1C. The van der Waals surface area contributed by atoms with Gasteiger partial charge in [0.2, 0.25) is 0 Å². The lowest BCUT2D eigenvalue weighted by Gasteiger charge is -2.11. The number of halogens is 1. The van der Waals surface area contributed by atoms with Gasteiger partial charge < -0.3 is 9.72 Å². The lowest BCUT2D eigenvalue weighted by molar-refractivity contribution is 0.411. The number of aromatic amines is 1. The number of imidazole rings is 1. The second-order valence-corrected chi connectivity index (χ2v) is 4.42. The van der Waals surface area contributed by atoms with E-state index in [0.717, 1.165) is 27.2 Å². The van der Waals surface area contributed by atoms with Crippen LogP contribution in [0.15, 0.2) is 23.1 Å². The van der Waals surface area contributed by atoms with Crippen LogP contribution in [0.2, 0.25) is 0 Å². The highest BCUT2D eigenvalue weighted by Gasteiger charge is 2.12. The molecule has 2 rings (SSSR count). The molecule has 0 radical (unpaired) electrons. The molecule has 0 aliphatic rings. The van der Waals surface area contributed by atoms with Crippen LogP contribution in [0.5, 0.6) is 5.75 Å². The van der Waals surface area contributed by atoms with Gasteiger partial charge in [0.05, 0.1) is 13.4 Å².